The third kappa shape index (κ3) is 56.8. The third-order valence-corrected chi connectivity index (χ3v) is 14.2. The molecule has 0 saturated carbocycles. The first kappa shape index (κ1) is 67.9. The van der Waals surface area contributed by atoms with E-state index in [1.165, 1.54) is 225 Å². The molecule has 0 aliphatic heterocycles. The standard InChI is InChI=1S/C64H120O6/c1-4-7-10-13-15-17-19-21-23-24-25-26-27-28-29-30-31-32-33-34-35-36-37-38-39-41-42-44-46-48-51-54-57-63(66)69-60-61(59-68-62(65)56-53-50-12-9-6-3)70-64(67)58-55-52-49-47-45-43-40-22-20-18-16-14-11-8-5-2/h16,18,22,40,61H,4-15,17,19-21,23-39,41-60H2,1-3H3/b18-16-,40-22-. The molecule has 0 radical (unpaired) electrons. The molecule has 0 saturated heterocycles. The van der Waals surface area contributed by atoms with E-state index < -0.39 is 6.10 Å². The molecule has 0 heterocycles. The quantitative estimate of drug-likeness (QED) is 0.0261. The Labute approximate surface area is 436 Å². The molecule has 0 rings (SSSR count). The van der Waals surface area contributed by atoms with E-state index >= 15 is 0 Å². The molecule has 70 heavy (non-hydrogen) atoms. The van der Waals surface area contributed by atoms with Crippen LogP contribution in [0.15, 0.2) is 24.3 Å². The number of carbonyl (C=O) groups is 3. The molecule has 6 heteroatoms. The van der Waals surface area contributed by atoms with Crippen molar-refractivity contribution in [1.29, 1.82) is 0 Å². The lowest BCUT2D eigenvalue weighted by Crippen LogP contribution is -2.30. The van der Waals surface area contributed by atoms with Crippen LogP contribution in [-0.2, 0) is 28.6 Å². The van der Waals surface area contributed by atoms with Crippen LogP contribution in [-0.4, -0.2) is 37.2 Å². The molecule has 0 aromatic rings. The Morgan fingerprint density at radius 2 is 0.514 bits per heavy atom. The van der Waals surface area contributed by atoms with Gasteiger partial charge in [-0.2, -0.15) is 0 Å². The van der Waals surface area contributed by atoms with Crippen LogP contribution in [0.1, 0.15) is 348 Å². The van der Waals surface area contributed by atoms with Gasteiger partial charge in [-0.25, -0.2) is 0 Å². The van der Waals surface area contributed by atoms with Crippen molar-refractivity contribution < 1.29 is 28.6 Å². The number of carbonyl (C=O) groups excluding carboxylic acids is 3. The number of hydrogen-bond acceptors (Lipinski definition) is 6. The number of ether oxygens (including phenoxy) is 3. The topological polar surface area (TPSA) is 78.9 Å². The van der Waals surface area contributed by atoms with Crippen LogP contribution in [0.2, 0.25) is 0 Å². The normalized spacial score (nSPS) is 12.1. The van der Waals surface area contributed by atoms with E-state index in [-0.39, 0.29) is 31.1 Å². The van der Waals surface area contributed by atoms with Crippen molar-refractivity contribution in [3.8, 4) is 0 Å². The molecule has 0 aliphatic carbocycles. The second-order valence-corrected chi connectivity index (χ2v) is 21.3. The molecular weight excluding hydrogens is 865 g/mol. The zero-order valence-electron chi connectivity index (χ0n) is 47.3. The Hall–Kier alpha value is -2.11. The minimum atomic E-state index is -0.772. The molecule has 0 aliphatic rings. The van der Waals surface area contributed by atoms with E-state index in [1.54, 1.807) is 0 Å². The van der Waals surface area contributed by atoms with Gasteiger partial charge in [0, 0.05) is 19.3 Å². The zero-order valence-corrected chi connectivity index (χ0v) is 47.3. The highest BCUT2D eigenvalue weighted by molar-refractivity contribution is 5.71. The Morgan fingerprint density at radius 3 is 0.814 bits per heavy atom. The smallest absolute Gasteiger partial charge is 0.306 e. The Bertz CT molecular complexity index is 1130. The molecule has 1 atom stereocenters. The summed E-state index contributed by atoms with van der Waals surface area (Å²) in [7, 11) is 0. The van der Waals surface area contributed by atoms with Crippen LogP contribution in [0, 0.1) is 0 Å². The van der Waals surface area contributed by atoms with Crippen LogP contribution in [0.3, 0.4) is 0 Å². The lowest BCUT2D eigenvalue weighted by atomic mass is 10.0. The van der Waals surface area contributed by atoms with Gasteiger partial charge < -0.3 is 14.2 Å². The van der Waals surface area contributed by atoms with Gasteiger partial charge in [0.15, 0.2) is 6.10 Å². The number of hydrogen-bond donors (Lipinski definition) is 0. The molecule has 0 fully saturated rings. The zero-order chi connectivity index (χ0) is 50.7. The van der Waals surface area contributed by atoms with Crippen LogP contribution >= 0.6 is 0 Å². The van der Waals surface area contributed by atoms with Gasteiger partial charge >= 0.3 is 17.9 Å². The molecule has 0 aromatic carbocycles. The first-order chi connectivity index (χ1) is 34.5. The fourth-order valence-corrected chi connectivity index (χ4v) is 9.48. The van der Waals surface area contributed by atoms with E-state index in [9.17, 15) is 14.4 Å². The van der Waals surface area contributed by atoms with E-state index in [1.807, 2.05) is 0 Å². The van der Waals surface area contributed by atoms with Crippen LogP contribution in [0.5, 0.6) is 0 Å². The summed E-state index contributed by atoms with van der Waals surface area (Å²) < 4.78 is 16.7. The largest absolute Gasteiger partial charge is 0.462 e. The maximum atomic E-state index is 12.8. The maximum Gasteiger partial charge on any atom is 0.306 e. The number of esters is 3. The minimum absolute atomic E-state index is 0.0733. The molecule has 0 amide bonds. The predicted molar refractivity (Wildman–Crippen MR) is 303 cm³/mol. The summed E-state index contributed by atoms with van der Waals surface area (Å²) in [6.07, 6.45) is 71.2. The minimum Gasteiger partial charge on any atom is -0.462 e. The third-order valence-electron chi connectivity index (χ3n) is 14.2. The molecule has 1 unspecified atom stereocenters. The summed E-state index contributed by atoms with van der Waals surface area (Å²) in [5.41, 5.74) is 0. The molecule has 0 aromatic heterocycles. The van der Waals surface area contributed by atoms with Gasteiger partial charge in [-0.05, 0) is 51.4 Å². The Balaban J connectivity index is 3.88. The molecule has 412 valence electrons. The van der Waals surface area contributed by atoms with Gasteiger partial charge in [0.05, 0.1) is 0 Å². The van der Waals surface area contributed by atoms with Crippen LogP contribution in [0.25, 0.3) is 0 Å². The lowest BCUT2D eigenvalue weighted by molar-refractivity contribution is -0.167. The molecule has 0 spiro atoms. The van der Waals surface area contributed by atoms with Crippen LogP contribution in [0.4, 0.5) is 0 Å². The molecule has 0 N–H and O–H groups in total. The fourth-order valence-electron chi connectivity index (χ4n) is 9.48. The van der Waals surface area contributed by atoms with Crippen molar-refractivity contribution in [3.05, 3.63) is 24.3 Å². The van der Waals surface area contributed by atoms with Gasteiger partial charge in [0.25, 0.3) is 0 Å². The van der Waals surface area contributed by atoms with Gasteiger partial charge in [-0.3, -0.25) is 14.4 Å². The summed E-state index contributed by atoms with van der Waals surface area (Å²) in [6, 6.07) is 0. The van der Waals surface area contributed by atoms with Crippen molar-refractivity contribution in [3.63, 3.8) is 0 Å². The van der Waals surface area contributed by atoms with E-state index in [0.717, 1.165) is 83.5 Å². The van der Waals surface area contributed by atoms with Crippen molar-refractivity contribution >= 4 is 17.9 Å². The van der Waals surface area contributed by atoms with Crippen molar-refractivity contribution in [1.82, 2.24) is 0 Å². The monoisotopic (exact) mass is 985 g/mol. The average molecular weight is 986 g/mol. The second-order valence-electron chi connectivity index (χ2n) is 21.3. The van der Waals surface area contributed by atoms with Gasteiger partial charge in [-0.15, -0.1) is 0 Å². The van der Waals surface area contributed by atoms with Gasteiger partial charge in [-0.1, -0.05) is 302 Å². The highest BCUT2D eigenvalue weighted by Gasteiger charge is 2.19. The Morgan fingerprint density at radius 1 is 0.286 bits per heavy atom. The second kappa shape index (κ2) is 59.5. The van der Waals surface area contributed by atoms with Crippen molar-refractivity contribution in [2.45, 2.75) is 354 Å². The molecular formula is C64H120O6. The van der Waals surface area contributed by atoms with E-state index in [2.05, 4.69) is 45.1 Å². The first-order valence-electron chi connectivity index (χ1n) is 31.3. The van der Waals surface area contributed by atoms with Crippen LogP contribution < -0.4 is 0 Å². The highest BCUT2D eigenvalue weighted by atomic mass is 16.6. The van der Waals surface area contributed by atoms with E-state index in [0.29, 0.717) is 19.3 Å². The number of unbranched alkanes of at least 4 members (excludes halogenated alkanes) is 43. The first-order valence-corrected chi connectivity index (χ1v) is 31.3. The SMILES string of the molecule is CCCCC/C=C\C/C=C\CCCCCCCC(=O)OC(COC(=O)CCCCCCC)COC(=O)CCCCCCCCCCCCCCCCCCCCCCCCCCCCCCCCCC. The molecule has 0 bridgehead atoms. The highest BCUT2D eigenvalue weighted by Crippen LogP contribution is 2.18. The summed E-state index contributed by atoms with van der Waals surface area (Å²) in [4.78, 5) is 37.8. The van der Waals surface area contributed by atoms with Crippen molar-refractivity contribution in [2.75, 3.05) is 13.2 Å². The van der Waals surface area contributed by atoms with Crippen molar-refractivity contribution in [2.24, 2.45) is 0 Å². The Kier molecular flexibility index (Phi) is 57.7. The van der Waals surface area contributed by atoms with Gasteiger partial charge in [0.2, 0.25) is 0 Å². The number of allylic oxidation sites excluding steroid dienone is 4. The lowest BCUT2D eigenvalue weighted by Gasteiger charge is -2.18. The summed E-state index contributed by atoms with van der Waals surface area (Å²) in [5, 5.41) is 0. The summed E-state index contributed by atoms with van der Waals surface area (Å²) in [6.45, 7) is 6.56. The van der Waals surface area contributed by atoms with E-state index in [4.69, 9.17) is 14.2 Å². The summed E-state index contributed by atoms with van der Waals surface area (Å²) in [5.74, 6) is -0.884. The summed E-state index contributed by atoms with van der Waals surface area (Å²) >= 11 is 0. The maximum absolute atomic E-state index is 12.8. The predicted octanol–water partition coefficient (Wildman–Crippen LogP) is 21.1. The number of rotatable bonds is 58. The fraction of sp³-hybridized carbons (Fsp3) is 0.891. The molecule has 6 nitrogen and oxygen atoms in total. The average Bonchev–Trinajstić information content (AvgIpc) is 3.36. The van der Waals surface area contributed by atoms with Gasteiger partial charge in [0.1, 0.15) is 13.2 Å².